The molecule has 13 heavy (non-hydrogen) atoms. The number of nitrogens with zero attached hydrogens (tertiary/aromatic N) is 1. The Labute approximate surface area is 79.0 Å². The number of aromatic nitrogens is 1. The van der Waals surface area contributed by atoms with Gasteiger partial charge in [-0.25, -0.2) is 0 Å². The summed E-state index contributed by atoms with van der Waals surface area (Å²) in [6.45, 7) is 6.42. The summed E-state index contributed by atoms with van der Waals surface area (Å²) in [5.74, 6) is 2.54. The van der Waals surface area contributed by atoms with Crippen LogP contribution in [0.4, 0.5) is 0 Å². The third kappa shape index (κ3) is 1.62. The molecular formula is C11H12BN. The summed E-state index contributed by atoms with van der Waals surface area (Å²) < 4.78 is 0. The molecule has 2 rings (SSSR count). The van der Waals surface area contributed by atoms with Gasteiger partial charge in [-0.1, -0.05) is 0 Å². The van der Waals surface area contributed by atoms with Crippen LogP contribution in [0.1, 0.15) is 25.5 Å². The molecule has 1 nitrogen and oxygen atoms in total. The molecule has 0 bridgehead atoms. The van der Waals surface area contributed by atoms with E-state index >= 15 is 0 Å². The van der Waals surface area contributed by atoms with Crippen LogP contribution in [0.25, 0.3) is 10.8 Å². The number of pyridine rings is 1. The molecule has 64 valence electrons. The van der Waals surface area contributed by atoms with Gasteiger partial charge in [-0.15, -0.1) is 0 Å². The topological polar surface area (TPSA) is 12.9 Å². The Hall–Kier alpha value is -1.18. The van der Waals surface area contributed by atoms with Crippen LogP contribution in [0.15, 0.2) is 30.2 Å². The molecule has 0 aliphatic carbocycles. The molecule has 0 saturated carbocycles. The minimum absolute atomic E-state index is 0.504. The van der Waals surface area contributed by atoms with Crippen molar-refractivity contribution < 1.29 is 0 Å². The number of hydrogen-bond donors (Lipinski definition) is 0. The fraction of sp³-hybridized carbons (Fsp3) is 0.273. The van der Waals surface area contributed by atoms with Gasteiger partial charge >= 0.3 is 78.4 Å². The zero-order valence-corrected chi connectivity index (χ0v) is 7.99. The van der Waals surface area contributed by atoms with Crippen molar-refractivity contribution >= 4 is 17.7 Å². The first-order valence-corrected chi connectivity index (χ1v) is 4.63. The van der Waals surface area contributed by atoms with Crippen molar-refractivity contribution in [2.45, 2.75) is 19.8 Å². The quantitative estimate of drug-likeness (QED) is 0.639. The summed E-state index contributed by atoms with van der Waals surface area (Å²) in [5, 5.41) is 1.21. The zero-order valence-electron chi connectivity index (χ0n) is 7.99. The fourth-order valence-corrected chi connectivity index (χ4v) is 1.40. The summed E-state index contributed by atoms with van der Waals surface area (Å²) in [7, 11) is 0. The fourth-order valence-electron chi connectivity index (χ4n) is 1.40. The summed E-state index contributed by atoms with van der Waals surface area (Å²) in [6.07, 6.45) is 0. The van der Waals surface area contributed by atoms with Crippen molar-refractivity contribution in [2.24, 2.45) is 0 Å². The Balaban J connectivity index is 2.62. The van der Waals surface area contributed by atoms with Crippen molar-refractivity contribution in [1.82, 2.24) is 4.98 Å². The standard InChI is InChI=1S/C11H12BN/c1-8(2)10-6-5-9-11(13-10)4-3-7-12-9/h3-8H,1-2H3. The molecule has 0 N–H and O–H groups in total. The van der Waals surface area contributed by atoms with Crippen LogP contribution < -0.4 is 0 Å². The van der Waals surface area contributed by atoms with E-state index in [1.54, 1.807) is 0 Å². The molecule has 0 fully saturated rings. The summed E-state index contributed by atoms with van der Waals surface area (Å²) in [4.78, 5) is 4.57. The minimum atomic E-state index is 0.504. The first kappa shape index (κ1) is 8.42. The van der Waals surface area contributed by atoms with Crippen molar-refractivity contribution in [3.8, 4) is 0 Å². The van der Waals surface area contributed by atoms with Crippen molar-refractivity contribution in [3.05, 3.63) is 35.9 Å². The van der Waals surface area contributed by atoms with Gasteiger partial charge in [0, 0.05) is 0 Å². The van der Waals surface area contributed by atoms with Gasteiger partial charge in [0.15, 0.2) is 0 Å². The first-order valence-electron chi connectivity index (χ1n) is 4.63. The van der Waals surface area contributed by atoms with Crippen LogP contribution in [0.2, 0.25) is 0 Å². The Morgan fingerprint density at radius 2 is 2.08 bits per heavy atom. The molecule has 0 amide bonds. The van der Waals surface area contributed by atoms with Crippen molar-refractivity contribution in [3.63, 3.8) is 0 Å². The molecule has 0 atom stereocenters. The van der Waals surface area contributed by atoms with E-state index in [1.165, 1.54) is 11.0 Å². The van der Waals surface area contributed by atoms with E-state index in [9.17, 15) is 0 Å². The van der Waals surface area contributed by atoms with Crippen LogP contribution in [-0.4, -0.2) is 11.9 Å². The van der Waals surface area contributed by atoms with Gasteiger partial charge in [-0.2, -0.15) is 0 Å². The van der Waals surface area contributed by atoms with Crippen molar-refractivity contribution in [1.29, 1.82) is 0 Å². The van der Waals surface area contributed by atoms with Crippen molar-refractivity contribution in [2.75, 3.05) is 0 Å². The monoisotopic (exact) mass is 169 g/mol. The molecule has 2 heteroatoms. The average Bonchev–Trinajstić information content (AvgIpc) is 2.17. The van der Waals surface area contributed by atoms with Crippen LogP contribution in [0, 0.1) is 0 Å². The predicted molar refractivity (Wildman–Crippen MR) is 57.2 cm³/mol. The van der Waals surface area contributed by atoms with Gasteiger partial charge in [-0.3, -0.25) is 0 Å². The number of fused-ring (bicyclic) bond motifs is 1. The third-order valence-corrected chi connectivity index (χ3v) is 2.21. The van der Waals surface area contributed by atoms with Crippen LogP contribution >= 0.6 is 0 Å². The van der Waals surface area contributed by atoms with E-state index in [1.807, 2.05) is 12.0 Å². The second kappa shape index (κ2) is 3.29. The first-order chi connectivity index (χ1) is 6.27. The molecule has 2 aromatic rings. The van der Waals surface area contributed by atoms with E-state index in [-0.39, 0.29) is 0 Å². The zero-order chi connectivity index (χ0) is 9.26. The number of rotatable bonds is 1. The molecule has 0 unspecified atom stereocenters. The van der Waals surface area contributed by atoms with E-state index in [4.69, 9.17) is 0 Å². The van der Waals surface area contributed by atoms with E-state index in [2.05, 4.69) is 43.9 Å². The Bertz CT molecular complexity index is 423. The molecular weight excluding hydrogens is 157 g/mol. The van der Waals surface area contributed by atoms with Gasteiger partial charge in [0.2, 0.25) is 0 Å². The van der Waals surface area contributed by atoms with E-state index in [0.29, 0.717) is 5.92 Å². The maximum atomic E-state index is 4.57. The molecule has 0 aliphatic heterocycles. The molecule has 0 aromatic carbocycles. The summed E-state index contributed by atoms with van der Waals surface area (Å²) in [6, 6.07) is 8.32. The van der Waals surface area contributed by atoms with Gasteiger partial charge in [-0.05, 0) is 0 Å². The van der Waals surface area contributed by atoms with Gasteiger partial charge < -0.3 is 0 Å². The van der Waals surface area contributed by atoms with Gasteiger partial charge in [0.25, 0.3) is 0 Å². The van der Waals surface area contributed by atoms with Gasteiger partial charge in [0.1, 0.15) is 0 Å². The number of hydrogen-bond acceptors (Lipinski definition) is 1. The molecule has 0 radical (unpaired) electrons. The Morgan fingerprint density at radius 1 is 1.23 bits per heavy atom. The SMILES string of the molecule is CC(C)c1ccc2bcccc2n1. The van der Waals surface area contributed by atoms with Crippen LogP contribution in [0.3, 0.4) is 0 Å². The molecule has 2 aromatic heterocycles. The molecule has 0 aliphatic rings. The summed E-state index contributed by atoms with van der Waals surface area (Å²) in [5.41, 5.74) is 2.26. The average molecular weight is 169 g/mol. The molecule has 0 saturated heterocycles. The maximum absolute atomic E-state index is 4.57. The third-order valence-electron chi connectivity index (χ3n) is 2.21. The Morgan fingerprint density at radius 3 is 2.85 bits per heavy atom. The van der Waals surface area contributed by atoms with E-state index < -0.39 is 0 Å². The Kier molecular flexibility index (Phi) is 2.13. The predicted octanol–water partition coefficient (Wildman–Crippen LogP) is 2.70. The van der Waals surface area contributed by atoms with Crippen LogP contribution in [0.5, 0.6) is 0 Å². The second-order valence-corrected chi connectivity index (χ2v) is 3.58. The van der Waals surface area contributed by atoms with E-state index in [0.717, 1.165) is 5.52 Å². The summed E-state index contributed by atoms with van der Waals surface area (Å²) >= 11 is 0. The molecule has 0 spiro atoms. The second-order valence-electron chi connectivity index (χ2n) is 3.58. The van der Waals surface area contributed by atoms with Gasteiger partial charge in [0.05, 0.1) is 0 Å². The van der Waals surface area contributed by atoms with Crippen LogP contribution in [-0.2, 0) is 0 Å². The molecule has 2 heterocycles. The normalized spacial score (nSPS) is 10.7.